The number of carbonyl (C=O) groups excluding carboxylic acids is 2. The number of nitrogens with one attached hydrogen (secondary N) is 2. The molecule has 1 atom stereocenters. The fourth-order valence-corrected chi connectivity index (χ4v) is 2.37. The van der Waals surface area contributed by atoms with E-state index in [0.29, 0.717) is 29.1 Å². The van der Waals surface area contributed by atoms with Crippen LogP contribution in [-0.2, 0) is 14.4 Å². The highest BCUT2D eigenvalue weighted by Gasteiger charge is 2.26. The quantitative estimate of drug-likeness (QED) is 0.681. The van der Waals surface area contributed by atoms with Gasteiger partial charge in [-0.25, -0.2) is 5.48 Å². The lowest BCUT2D eigenvalue weighted by atomic mass is 9.97. The first-order valence-electron chi connectivity index (χ1n) is 7.93. The van der Waals surface area contributed by atoms with Crippen molar-refractivity contribution in [3.05, 3.63) is 52.9 Å². The number of ether oxygens (including phenoxy) is 1. The van der Waals surface area contributed by atoms with Crippen LogP contribution in [0.1, 0.15) is 31.1 Å². The maximum absolute atomic E-state index is 11.9. The monoisotopic (exact) mass is 346 g/mol. The van der Waals surface area contributed by atoms with E-state index in [0.717, 1.165) is 0 Å². The van der Waals surface area contributed by atoms with Crippen LogP contribution in [0.25, 0.3) is 0 Å². The van der Waals surface area contributed by atoms with Gasteiger partial charge in [0.05, 0.1) is 18.4 Å². The van der Waals surface area contributed by atoms with Gasteiger partial charge in [-0.3, -0.25) is 14.4 Å². The molecule has 0 saturated heterocycles. The third-order valence-corrected chi connectivity index (χ3v) is 3.73. The highest BCUT2D eigenvalue weighted by atomic mass is 16.6. The Hall–Kier alpha value is -2.64. The third-order valence-electron chi connectivity index (χ3n) is 3.73. The molecule has 0 fully saturated rings. The fourth-order valence-electron chi connectivity index (χ4n) is 2.37. The minimum Gasteiger partial charge on any atom is -0.496 e. The minimum absolute atomic E-state index is 0.182. The summed E-state index contributed by atoms with van der Waals surface area (Å²) in [5.41, 5.74) is 4.87. The average Bonchev–Trinajstić information content (AvgIpc) is 2.59. The topological polar surface area (TPSA) is 96.9 Å². The number of aliphatic hydroxyl groups excluding tert-OH is 1. The van der Waals surface area contributed by atoms with Crippen LogP contribution in [0, 0.1) is 0 Å². The summed E-state index contributed by atoms with van der Waals surface area (Å²) < 4.78 is 5.27. The number of hydrogen-bond acceptors (Lipinski definition) is 6. The molecule has 0 aliphatic carbocycles. The van der Waals surface area contributed by atoms with Crippen LogP contribution in [0.5, 0.6) is 0 Å². The second kappa shape index (κ2) is 8.46. The van der Waals surface area contributed by atoms with Crippen molar-refractivity contribution in [3.63, 3.8) is 0 Å². The number of aliphatic hydroxyl groups is 1. The maximum Gasteiger partial charge on any atom is 0.274 e. The molecule has 3 N–H and O–H groups in total. The Bertz CT molecular complexity index is 724. The van der Waals surface area contributed by atoms with Crippen molar-refractivity contribution in [2.75, 3.05) is 18.5 Å². The number of anilines is 1. The summed E-state index contributed by atoms with van der Waals surface area (Å²) in [4.78, 5) is 28.4. The van der Waals surface area contributed by atoms with Crippen molar-refractivity contribution >= 4 is 17.4 Å². The summed E-state index contributed by atoms with van der Waals surface area (Å²) in [7, 11) is 0. The molecule has 0 radical (unpaired) electrons. The predicted octanol–water partition coefficient (Wildman–Crippen LogP) is 1.92. The van der Waals surface area contributed by atoms with Gasteiger partial charge in [0.25, 0.3) is 5.91 Å². The molecule has 0 bridgehead atoms. The van der Waals surface area contributed by atoms with E-state index < -0.39 is 6.10 Å². The molecule has 7 nitrogen and oxygen atoms in total. The molecule has 1 aliphatic rings. The van der Waals surface area contributed by atoms with Crippen molar-refractivity contribution in [2.45, 2.75) is 26.9 Å². The SMILES string of the molecule is CCONC(=O)c1cccc(NC(C)=C2COC=C(C(C)=O)C2O)c1. The van der Waals surface area contributed by atoms with Gasteiger partial charge in [0.15, 0.2) is 5.78 Å². The van der Waals surface area contributed by atoms with E-state index in [9.17, 15) is 14.7 Å². The Morgan fingerprint density at radius 3 is 2.80 bits per heavy atom. The normalized spacial score (nSPS) is 18.7. The molecule has 2 rings (SSSR count). The van der Waals surface area contributed by atoms with Gasteiger partial charge in [-0.05, 0) is 39.0 Å². The van der Waals surface area contributed by atoms with Gasteiger partial charge in [0.2, 0.25) is 0 Å². The van der Waals surface area contributed by atoms with Crippen LogP contribution < -0.4 is 10.8 Å². The molecule has 1 unspecified atom stereocenters. The maximum atomic E-state index is 11.9. The number of ketones is 1. The number of hydroxylamine groups is 1. The van der Waals surface area contributed by atoms with Crippen LogP contribution >= 0.6 is 0 Å². The molecule has 1 aliphatic heterocycles. The van der Waals surface area contributed by atoms with Crippen molar-refractivity contribution in [1.82, 2.24) is 5.48 Å². The Morgan fingerprint density at radius 1 is 1.36 bits per heavy atom. The molecular formula is C18H22N2O5. The molecule has 0 aromatic heterocycles. The molecule has 1 amide bonds. The van der Waals surface area contributed by atoms with E-state index in [-0.39, 0.29) is 23.9 Å². The van der Waals surface area contributed by atoms with Crippen LogP contribution in [0.15, 0.2) is 47.4 Å². The Kier molecular flexibility index (Phi) is 6.32. The van der Waals surface area contributed by atoms with Crippen molar-refractivity contribution in [1.29, 1.82) is 0 Å². The Morgan fingerprint density at radius 2 is 2.12 bits per heavy atom. The number of allylic oxidation sites excluding steroid dienone is 1. The highest BCUT2D eigenvalue weighted by molar-refractivity contribution is 5.95. The van der Waals surface area contributed by atoms with Crippen LogP contribution in [0.2, 0.25) is 0 Å². The summed E-state index contributed by atoms with van der Waals surface area (Å²) >= 11 is 0. The molecule has 0 spiro atoms. The molecule has 1 heterocycles. The lowest BCUT2D eigenvalue weighted by Crippen LogP contribution is -2.27. The van der Waals surface area contributed by atoms with E-state index in [1.165, 1.54) is 13.2 Å². The molecule has 0 saturated carbocycles. The number of hydrogen-bond donors (Lipinski definition) is 3. The molecule has 1 aromatic carbocycles. The third kappa shape index (κ3) is 4.68. The summed E-state index contributed by atoms with van der Waals surface area (Å²) in [6.07, 6.45) is 0.283. The minimum atomic E-state index is -1.01. The van der Waals surface area contributed by atoms with Crippen molar-refractivity contribution < 1.29 is 24.3 Å². The molecular weight excluding hydrogens is 324 g/mol. The first-order chi connectivity index (χ1) is 11.9. The zero-order valence-corrected chi connectivity index (χ0v) is 14.5. The zero-order valence-electron chi connectivity index (χ0n) is 14.5. The zero-order chi connectivity index (χ0) is 18.4. The van der Waals surface area contributed by atoms with Crippen molar-refractivity contribution in [3.8, 4) is 0 Å². The lowest BCUT2D eigenvalue weighted by Gasteiger charge is -2.24. The number of benzene rings is 1. The smallest absolute Gasteiger partial charge is 0.274 e. The second-order valence-electron chi connectivity index (χ2n) is 5.56. The van der Waals surface area contributed by atoms with Gasteiger partial charge >= 0.3 is 0 Å². The van der Waals surface area contributed by atoms with Crippen LogP contribution in [-0.4, -0.2) is 36.1 Å². The summed E-state index contributed by atoms with van der Waals surface area (Å²) in [6, 6.07) is 6.85. The fraction of sp³-hybridized carbons (Fsp3) is 0.333. The largest absolute Gasteiger partial charge is 0.496 e. The van der Waals surface area contributed by atoms with E-state index >= 15 is 0 Å². The first-order valence-corrected chi connectivity index (χ1v) is 7.93. The van der Waals surface area contributed by atoms with Gasteiger partial charge in [-0.2, -0.15) is 0 Å². The molecule has 134 valence electrons. The van der Waals surface area contributed by atoms with Crippen LogP contribution in [0.3, 0.4) is 0 Å². The summed E-state index contributed by atoms with van der Waals surface area (Å²) in [6.45, 7) is 5.48. The molecule has 7 heteroatoms. The Labute approximate surface area is 146 Å². The van der Waals surface area contributed by atoms with E-state index in [4.69, 9.17) is 9.57 Å². The molecule has 1 aromatic rings. The first kappa shape index (κ1) is 18.7. The van der Waals surface area contributed by atoms with E-state index in [1.807, 2.05) is 0 Å². The standard InChI is InChI=1S/C18H22N2O5/c1-4-25-20-18(23)13-6-5-7-14(8-13)19-11(2)15-9-24-10-16(12(3)21)17(15)22/h5-8,10,17,19,22H,4,9H2,1-3H3,(H,20,23). The highest BCUT2D eigenvalue weighted by Crippen LogP contribution is 2.23. The molecule has 25 heavy (non-hydrogen) atoms. The predicted molar refractivity (Wildman–Crippen MR) is 92.6 cm³/mol. The van der Waals surface area contributed by atoms with E-state index in [1.54, 1.807) is 38.1 Å². The summed E-state index contributed by atoms with van der Waals surface area (Å²) in [5.74, 6) is -0.592. The van der Waals surface area contributed by atoms with Crippen LogP contribution in [0.4, 0.5) is 5.69 Å². The lowest BCUT2D eigenvalue weighted by molar-refractivity contribution is -0.114. The second-order valence-corrected chi connectivity index (χ2v) is 5.56. The number of carbonyl (C=O) groups is 2. The number of rotatable bonds is 6. The van der Waals surface area contributed by atoms with Gasteiger partial charge < -0.3 is 15.2 Å². The van der Waals surface area contributed by atoms with Crippen molar-refractivity contribution in [2.24, 2.45) is 0 Å². The van der Waals surface area contributed by atoms with Gasteiger partial charge in [-0.1, -0.05) is 6.07 Å². The summed E-state index contributed by atoms with van der Waals surface area (Å²) in [5, 5.41) is 13.5. The van der Waals surface area contributed by atoms with Gasteiger partial charge in [0.1, 0.15) is 12.7 Å². The Balaban J connectivity index is 2.17. The van der Waals surface area contributed by atoms with Gasteiger partial charge in [0, 0.05) is 22.5 Å². The van der Waals surface area contributed by atoms with Gasteiger partial charge in [-0.15, -0.1) is 0 Å². The van der Waals surface area contributed by atoms with E-state index in [2.05, 4.69) is 10.8 Å². The number of Topliss-reactive ketones (excluding diaryl/α,β-unsaturated/α-hetero) is 1. The number of amides is 1. The average molecular weight is 346 g/mol.